The number of nitrogens with zero attached hydrogens (tertiary/aromatic N) is 2. The zero-order chi connectivity index (χ0) is 23.1. The molecule has 3 rings (SSSR count). The first-order valence-corrected chi connectivity index (χ1v) is 11.3. The van der Waals surface area contributed by atoms with E-state index in [1.165, 1.54) is 12.8 Å². The normalized spacial score (nSPS) is 13.8. The van der Waals surface area contributed by atoms with Crippen molar-refractivity contribution < 1.29 is 23.1 Å². The summed E-state index contributed by atoms with van der Waals surface area (Å²) in [6.07, 6.45) is 4.28. The standard InChI is InChI=1S/C20H24ClF2N5O3S/c21-12-9-14(22)13(15(23)10-12)11-31-18-16(17(24)29)19(32-27-18)26-20(30)25-5-1-2-6-28-7-3-4-8-28/h9-10H,1-8,11H2,(H2,24,29)(H2,25,26,30). The van der Waals surface area contributed by atoms with Crippen LogP contribution in [0.25, 0.3) is 0 Å². The minimum atomic E-state index is -0.897. The summed E-state index contributed by atoms with van der Waals surface area (Å²) in [6.45, 7) is 3.22. The quantitative estimate of drug-likeness (QED) is 0.442. The third kappa shape index (κ3) is 6.50. The molecule has 2 heterocycles. The number of hydrogen-bond acceptors (Lipinski definition) is 6. The average molecular weight is 488 g/mol. The van der Waals surface area contributed by atoms with Crippen molar-refractivity contribution >= 4 is 40.1 Å². The molecule has 1 saturated heterocycles. The van der Waals surface area contributed by atoms with Gasteiger partial charge in [-0.15, -0.1) is 0 Å². The van der Waals surface area contributed by atoms with Crippen LogP contribution in [0.5, 0.6) is 5.88 Å². The van der Waals surface area contributed by atoms with E-state index in [9.17, 15) is 18.4 Å². The summed E-state index contributed by atoms with van der Waals surface area (Å²) >= 11 is 6.38. The molecule has 1 aromatic carbocycles. The number of amides is 3. The Morgan fingerprint density at radius 1 is 1.22 bits per heavy atom. The SMILES string of the molecule is NC(=O)c1c(OCc2c(F)cc(Cl)cc2F)nsc1NC(=O)NCCCCN1CCCC1. The summed E-state index contributed by atoms with van der Waals surface area (Å²) in [5, 5.41) is 5.23. The number of aromatic nitrogens is 1. The molecule has 0 spiro atoms. The lowest BCUT2D eigenvalue weighted by Crippen LogP contribution is -2.30. The summed E-state index contributed by atoms with van der Waals surface area (Å²) in [4.78, 5) is 26.4. The van der Waals surface area contributed by atoms with Gasteiger partial charge in [-0.3, -0.25) is 10.1 Å². The second-order valence-electron chi connectivity index (χ2n) is 7.33. The first-order chi connectivity index (χ1) is 15.3. The maximum atomic E-state index is 13.9. The molecule has 0 bridgehead atoms. The van der Waals surface area contributed by atoms with Crippen molar-refractivity contribution in [3.05, 3.63) is 39.9 Å². The molecular weight excluding hydrogens is 464 g/mol. The number of nitrogens with two attached hydrogens (primary N) is 1. The van der Waals surface area contributed by atoms with Crippen molar-refractivity contribution in [3.8, 4) is 5.88 Å². The number of ether oxygens (including phenoxy) is 1. The van der Waals surface area contributed by atoms with Gasteiger partial charge >= 0.3 is 6.03 Å². The minimum absolute atomic E-state index is 0.0825. The predicted molar refractivity (Wildman–Crippen MR) is 118 cm³/mol. The van der Waals surface area contributed by atoms with Crippen LogP contribution in [-0.4, -0.2) is 47.4 Å². The number of carbonyl (C=O) groups excluding carboxylic acids is 2. The molecule has 0 radical (unpaired) electrons. The molecule has 2 aromatic rings. The molecule has 4 N–H and O–H groups in total. The number of carbonyl (C=O) groups is 2. The maximum absolute atomic E-state index is 13.9. The first-order valence-electron chi connectivity index (χ1n) is 10.2. The number of benzene rings is 1. The number of rotatable bonds is 10. The fraction of sp³-hybridized carbons (Fsp3) is 0.450. The lowest BCUT2D eigenvalue weighted by molar-refractivity contribution is 0.0996. The van der Waals surface area contributed by atoms with Gasteiger partial charge in [0.25, 0.3) is 5.91 Å². The van der Waals surface area contributed by atoms with Gasteiger partial charge in [0.2, 0.25) is 5.88 Å². The number of likely N-dealkylation sites (tertiary alicyclic amines) is 1. The zero-order valence-electron chi connectivity index (χ0n) is 17.3. The van der Waals surface area contributed by atoms with Crippen LogP contribution in [0.4, 0.5) is 18.6 Å². The van der Waals surface area contributed by atoms with Crippen LogP contribution in [0.1, 0.15) is 41.6 Å². The van der Waals surface area contributed by atoms with Crippen LogP contribution in [0.3, 0.4) is 0 Å². The topological polar surface area (TPSA) is 110 Å². The smallest absolute Gasteiger partial charge is 0.319 e. The molecule has 174 valence electrons. The highest BCUT2D eigenvalue weighted by Crippen LogP contribution is 2.31. The molecule has 0 unspecified atom stereocenters. The molecule has 3 amide bonds. The van der Waals surface area contributed by atoms with Crippen LogP contribution >= 0.6 is 23.1 Å². The number of primary amides is 1. The van der Waals surface area contributed by atoms with Gasteiger partial charge in [-0.05, 0) is 69.0 Å². The number of anilines is 1. The van der Waals surface area contributed by atoms with Crippen molar-refractivity contribution in [2.45, 2.75) is 32.3 Å². The zero-order valence-corrected chi connectivity index (χ0v) is 18.8. The van der Waals surface area contributed by atoms with E-state index in [2.05, 4.69) is 19.9 Å². The minimum Gasteiger partial charge on any atom is -0.471 e. The Balaban J connectivity index is 1.52. The fourth-order valence-electron chi connectivity index (χ4n) is 3.34. The summed E-state index contributed by atoms with van der Waals surface area (Å²) < 4.78 is 37.1. The van der Waals surface area contributed by atoms with Gasteiger partial charge < -0.3 is 20.7 Å². The molecule has 0 aliphatic carbocycles. The van der Waals surface area contributed by atoms with Crippen molar-refractivity contribution in [2.75, 3.05) is 31.5 Å². The van der Waals surface area contributed by atoms with Crippen LogP contribution < -0.4 is 21.1 Å². The number of nitrogens with one attached hydrogen (secondary N) is 2. The highest BCUT2D eigenvalue weighted by molar-refractivity contribution is 7.11. The molecule has 1 fully saturated rings. The van der Waals surface area contributed by atoms with Gasteiger partial charge in [-0.2, -0.15) is 4.37 Å². The van der Waals surface area contributed by atoms with Gasteiger partial charge in [-0.25, -0.2) is 13.6 Å². The molecule has 1 aliphatic rings. The average Bonchev–Trinajstić information content (AvgIpc) is 3.37. The van der Waals surface area contributed by atoms with Crippen LogP contribution in [0.15, 0.2) is 12.1 Å². The lowest BCUT2D eigenvalue weighted by atomic mass is 10.2. The second kappa shape index (κ2) is 11.4. The van der Waals surface area contributed by atoms with E-state index in [0.717, 1.165) is 56.1 Å². The third-order valence-electron chi connectivity index (χ3n) is 4.98. The van der Waals surface area contributed by atoms with E-state index >= 15 is 0 Å². The molecule has 8 nitrogen and oxygen atoms in total. The Kier molecular flexibility index (Phi) is 8.60. The summed E-state index contributed by atoms with van der Waals surface area (Å²) in [7, 11) is 0. The van der Waals surface area contributed by atoms with Crippen molar-refractivity contribution in [1.82, 2.24) is 14.6 Å². The number of halogens is 3. The molecule has 0 saturated carbocycles. The van der Waals surface area contributed by atoms with E-state index in [1.54, 1.807) is 0 Å². The van der Waals surface area contributed by atoms with E-state index < -0.39 is 30.2 Å². The number of unbranched alkanes of at least 4 members (excludes halogenated alkanes) is 1. The predicted octanol–water partition coefficient (Wildman–Crippen LogP) is 3.75. The Morgan fingerprint density at radius 2 is 1.91 bits per heavy atom. The van der Waals surface area contributed by atoms with Gasteiger partial charge in [0.05, 0.1) is 5.56 Å². The highest BCUT2D eigenvalue weighted by Gasteiger charge is 2.23. The second-order valence-corrected chi connectivity index (χ2v) is 8.54. The highest BCUT2D eigenvalue weighted by atomic mass is 35.5. The van der Waals surface area contributed by atoms with Crippen molar-refractivity contribution in [3.63, 3.8) is 0 Å². The molecule has 32 heavy (non-hydrogen) atoms. The number of urea groups is 1. The maximum Gasteiger partial charge on any atom is 0.319 e. The van der Waals surface area contributed by atoms with Gasteiger partial charge in [0, 0.05) is 11.6 Å². The molecule has 0 atom stereocenters. The van der Waals surface area contributed by atoms with Gasteiger partial charge in [0.15, 0.2) is 0 Å². The van der Waals surface area contributed by atoms with Crippen LogP contribution in [0, 0.1) is 11.6 Å². The summed E-state index contributed by atoms with van der Waals surface area (Å²) in [6, 6.07) is 1.38. The Morgan fingerprint density at radius 3 is 2.56 bits per heavy atom. The van der Waals surface area contributed by atoms with E-state index in [4.69, 9.17) is 22.1 Å². The summed E-state index contributed by atoms with van der Waals surface area (Å²) in [5.41, 5.74) is 4.84. The van der Waals surface area contributed by atoms with Gasteiger partial charge in [-0.1, -0.05) is 11.6 Å². The van der Waals surface area contributed by atoms with Crippen LogP contribution in [-0.2, 0) is 6.61 Å². The lowest BCUT2D eigenvalue weighted by Gasteiger charge is -2.14. The third-order valence-corrected chi connectivity index (χ3v) is 5.94. The Hall–Kier alpha value is -2.50. The van der Waals surface area contributed by atoms with E-state index in [0.29, 0.717) is 6.54 Å². The van der Waals surface area contributed by atoms with E-state index in [-0.39, 0.29) is 27.0 Å². The summed E-state index contributed by atoms with van der Waals surface area (Å²) in [5.74, 6) is -2.91. The number of hydrogen-bond donors (Lipinski definition) is 3. The van der Waals surface area contributed by atoms with E-state index in [1.807, 2.05) is 0 Å². The van der Waals surface area contributed by atoms with Gasteiger partial charge in [0.1, 0.15) is 28.8 Å². The van der Waals surface area contributed by atoms with Crippen molar-refractivity contribution in [2.24, 2.45) is 5.73 Å². The first kappa shape index (κ1) is 24.1. The molecule has 1 aliphatic heterocycles. The molecule has 1 aromatic heterocycles. The monoisotopic (exact) mass is 487 g/mol. The van der Waals surface area contributed by atoms with Crippen molar-refractivity contribution in [1.29, 1.82) is 0 Å². The molecule has 12 heteroatoms. The fourth-order valence-corrected chi connectivity index (χ4v) is 4.27. The van der Waals surface area contributed by atoms with Crippen LogP contribution in [0.2, 0.25) is 5.02 Å². The Labute approximate surface area is 193 Å². The largest absolute Gasteiger partial charge is 0.471 e. The molecular formula is C20H24ClF2N5O3S. The Bertz CT molecular complexity index is 946.